The second kappa shape index (κ2) is 11.6. The number of nitrogens with two attached hydrogens (primary N) is 2. The highest BCUT2D eigenvalue weighted by Gasteiger charge is 2.31. The fourth-order valence-corrected chi connectivity index (χ4v) is 5.02. The molecule has 206 valence electrons. The Labute approximate surface area is 223 Å². The lowest BCUT2D eigenvalue weighted by Crippen LogP contribution is -2.58. The summed E-state index contributed by atoms with van der Waals surface area (Å²) in [6.07, 6.45) is 4.83. The van der Waals surface area contributed by atoms with E-state index in [4.69, 9.17) is 11.5 Å². The Balaban J connectivity index is 1.29. The first-order valence-electron chi connectivity index (χ1n) is 13.3. The van der Waals surface area contributed by atoms with Crippen molar-refractivity contribution in [1.82, 2.24) is 24.7 Å². The maximum Gasteiger partial charge on any atom is 0.354 e. The SMILES string of the molecule is CC1CC(NCc2ccc(-n3ccc(NC(=O)N4CCN(C(=O)C(C)(C)N)CC4)nc3=O)cc2)CCC1N. The second-order valence-corrected chi connectivity index (χ2v) is 11.1. The number of nitrogens with one attached hydrogen (secondary N) is 2. The number of amides is 3. The van der Waals surface area contributed by atoms with Gasteiger partial charge in [-0.3, -0.25) is 14.7 Å². The van der Waals surface area contributed by atoms with Gasteiger partial charge in [0.05, 0.1) is 11.2 Å². The smallest absolute Gasteiger partial charge is 0.338 e. The Kier molecular flexibility index (Phi) is 8.49. The molecule has 11 heteroatoms. The highest BCUT2D eigenvalue weighted by molar-refractivity contribution is 5.89. The van der Waals surface area contributed by atoms with E-state index in [9.17, 15) is 14.4 Å². The van der Waals surface area contributed by atoms with Crippen molar-refractivity contribution in [3.8, 4) is 5.69 Å². The summed E-state index contributed by atoms with van der Waals surface area (Å²) in [5.41, 5.74) is 12.4. The summed E-state index contributed by atoms with van der Waals surface area (Å²) in [4.78, 5) is 45.0. The molecule has 6 N–H and O–H groups in total. The van der Waals surface area contributed by atoms with Gasteiger partial charge >= 0.3 is 11.7 Å². The Morgan fingerprint density at radius 1 is 1.05 bits per heavy atom. The van der Waals surface area contributed by atoms with Gasteiger partial charge in [0.1, 0.15) is 5.82 Å². The number of anilines is 1. The molecule has 2 aliphatic rings. The van der Waals surface area contributed by atoms with Gasteiger partial charge in [-0.1, -0.05) is 19.1 Å². The van der Waals surface area contributed by atoms with Crippen molar-refractivity contribution < 1.29 is 9.59 Å². The number of piperazine rings is 1. The summed E-state index contributed by atoms with van der Waals surface area (Å²) < 4.78 is 1.44. The van der Waals surface area contributed by atoms with Crippen LogP contribution in [-0.4, -0.2) is 75.1 Å². The van der Waals surface area contributed by atoms with Crippen molar-refractivity contribution >= 4 is 17.8 Å². The Bertz CT molecular complexity index is 1180. The molecule has 11 nitrogen and oxygen atoms in total. The quantitative estimate of drug-likeness (QED) is 0.444. The molecule has 0 bridgehead atoms. The lowest BCUT2D eigenvalue weighted by Gasteiger charge is -2.37. The first-order chi connectivity index (χ1) is 18.0. The molecule has 0 radical (unpaired) electrons. The van der Waals surface area contributed by atoms with Crippen LogP contribution in [0.15, 0.2) is 41.3 Å². The van der Waals surface area contributed by atoms with Gasteiger partial charge in [-0.25, -0.2) is 9.59 Å². The molecular weight excluding hydrogens is 484 g/mol. The third-order valence-corrected chi connectivity index (χ3v) is 7.49. The summed E-state index contributed by atoms with van der Waals surface area (Å²) in [5.74, 6) is 0.567. The zero-order chi connectivity index (χ0) is 27.4. The minimum atomic E-state index is -0.946. The average molecular weight is 525 g/mol. The van der Waals surface area contributed by atoms with Gasteiger partial charge in [0.25, 0.3) is 0 Å². The first-order valence-corrected chi connectivity index (χ1v) is 13.3. The molecule has 1 aromatic carbocycles. The topological polar surface area (TPSA) is 152 Å². The van der Waals surface area contributed by atoms with Crippen LogP contribution in [0.25, 0.3) is 5.69 Å². The maximum absolute atomic E-state index is 12.7. The number of nitrogens with zero attached hydrogens (tertiary/aromatic N) is 4. The summed E-state index contributed by atoms with van der Waals surface area (Å²) in [6, 6.07) is 9.79. The highest BCUT2D eigenvalue weighted by Crippen LogP contribution is 2.23. The number of carbonyl (C=O) groups is 2. The van der Waals surface area contributed by atoms with E-state index in [1.807, 2.05) is 24.3 Å². The summed E-state index contributed by atoms with van der Waals surface area (Å²) in [5, 5.41) is 6.31. The van der Waals surface area contributed by atoms with Crippen LogP contribution in [0.1, 0.15) is 45.6 Å². The summed E-state index contributed by atoms with van der Waals surface area (Å²) >= 11 is 0. The molecule has 3 amide bonds. The van der Waals surface area contributed by atoms with Gasteiger partial charge in [-0.2, -0.15) is 4.98 Å². The van der Waals surface area contributed by atoms with Gasteiger partial charge in [0.15, 0.2) is 0 Å². The van der Waals surface area contributed by atoms with Crippen LogP contribution in [0.5, 0.6) is 0 Å². The van der Waals surface area contributed by atoms with Gasteiger partial charge in [0, 0.05) is 51.0 Å². The molecule has 4 rings (SSSR count). The zero-order valence-corrected chi connectivity index (χ0v) is 22.5. The molecule has 2 heterocycles. The Morgan fingerprint density at radius 2 is 1.71 bits per heavy atom. The van der Waals surface area contributed by atoms with E-state index in [1.54, 1.807) is 35.9 Å². The third-order valence-electron chi connectivity index (χ3n) is 7.49. The molecule has 38 heavy (non-hydrogen) atoms. The van der Waals surface area contributed by atoms with E-state index < -0.39 is 11.2 Å². The van der Waals surface area contributed by atoms with Gasteiger partial charge in [-0.15, -0.1) is 0 Å². The predicted molar refractivity (Wildman–Crippen MR) is 147 cm³/mol. The molecule has 0 spiro atoms. The van der Waals surface area contributed by atoms with E-state index in [1.165, 1.54) is 4.57 Å². The minimum Gasteiger partial charge on any atom is -0.338 e. The standard InChI is InChI=1S/C27H40N8O3/c1-18-16-20(6-9-22(18)28)30-17-19-4-7-21(8-5-19)35-11-10-23(32-26(35)38)31-25(37)34-14-12-33(13-15-34)24(36)27(2,3)29/h4-5,7-8,10-11,18,20,22,30H,6,9,12-17,28-29H2,1-3H3,(H,31,32,37,38). The molecule has 1 aromatic heterocycles. The number of urea groups is 1. The fourth-order valence-electron chi connectivity index (χ4n) is 5.02. The fraction of sp³-hybridized carbons (Fsp3) is 0.556. The number of benzene rings is 1. The zero-order valence-electron chi connectivity index (χ0n) is 22.5. The molecule has 1 saturated carbocycles. The van der Waals surface area contributed by atoms with E-state index in [2.05, 4.69) is 22.5 Å². The number of aromatic nitrogens is 2. The minimum absolute atomic E-state index is 0.142. The predicted octanol–water partition coefficient (Wildman–Crippen LogP) is 1.25. The normalized spacial score (nSPS) is 22.3. The number of rotatable bonds is 6. The molecule has 1 saturated heterocycles. The van der Waals surface area contributed by atoms with Crippen molar-refractivity contribution in [1.29, 1.82) is 0 Å². The highest BCUT2D eigenvalue weighted by atomic mass is 16.2. The molecular formula is C27H40N8O3. The number of hydrogen-bond donors (Lipinski definition) is 4. The van der Waals surface area contributed by atoms with Gasteiger partial charge in [-0.05, 0) is 62.8 Å². The van der Waals surface area contributed by atoms with Crippen molar-refractivity contribution in [2.45, 2.75) is 64.2 Å². The van der Waals surface area contributed by atoms with Crippen molar-refractivity contribution in [2.75, 3.05) is 31.5 Å². The van der Waals surface area contributed by atoms with E-state index in [0.29, 0.717) is 49.9 Å². The van der Waals surface area contributed by atoms with Crippen molar-refractivity contribution in [2.24, 2.45) is 17.4 Å². The third kappa shape index (κ3) is 6.77. The maximum atomic E-state index is 12.7. The van der Waals surface area contributed by atoms with Crippen LogP contribution in [0.2, 0.25) is 0 Å². The van der Waals surface area contributed by atoms with Crippen LogP contribution in [0, 0.1) is 5.92 Å². The van der Waals surface area contributed by atoms with Crippen LogP contribution in [0.3, 0.4) is 0 Å². The first kappa shape index (κ1) is 27.7. The Morgan fingerprint density at radius 3 is 2.32 bits per heavy atom. The monoisotopic (exact) mass is 524 g/mol. The van der Waals surface area contributed by atoms with E-state index >= 15 is 0 Å². The average Bonchev–Trinajstić information content (AvgIpc) is 2.89. The van der Waals surface area contributed by atoms with Crippen LogP contribution in [-0.2, 0) is 11.3 Å². The van der Waals surface area contributed by atoms with Crippen LogP contribution >= 0.6 is 0 Å². The summed E-state index contributed by atoms with van der Waals surface area (Å²) in [7, 11) is 0. The van der Waals surface area contributed by atoms with Crippen molar-refractivity contribution in [3.05, 3.63) is 52.6 Å². The van der Waals surface area contributed by atoms with E-state index in [0.717, 1.165) is 31.4 Å². The van der Waals surface area contributed by atoms with Gasteiger partial charge in [0.2, 0.25) is 5.91 Å². The number of hydrogen-bond acceptors (Lipinski definition) is 7. The largest absolute Gasteiger partial charge is 0.354 e. The van der Waals surface area contributed by atoms with Crippen LogP contribution < -0.4 is 27.8 Å². The van der Waals surface area contributed by atoms with Gasteiger partial charge < -0.3 is 26.6 Å². The van der Waals surface area contributed by atoms with Crippen LogP contribution in [0.4, 0.5) is 10.6 Å². The Hall–Kier alpha value is -3.28. The second-order valence-electron chi connectivity index (χ2n) is 11.1. The number of carbonyl (C=O) groups excluding carboxylic acids is 2. The lowest BCUT2D eigenvalue weighted by atomic mass is 9.83. The molecule has 1 aliphatic carbocycles. The molecule has 2 aromatic rings. The summed E-state index contributed by atoms with van der Waals surface area (Å²) in [6.45, 7) is 7.87. The molecule has 2 fully saturated rings. The molecule has 1 aliphatic heterocycles. The van der Waals surface area contributed by atoms with Crippen molar-refractivity contribution in [3.63, 3.8) is 0 Å². The molecule has 3 atom stereocenters. The molecule has 3 unspecified atom stereocenters. The lowest BCUT2D eigenvalue weighted by molar-refractivity contribution is -0.137. The van der Waals surface area contributed by atoms with E-state index in [-0.39, 0.29) is 17.8 Å².